The molecule has 0 aromatic rings. The van der Waals surface area contributed by atoms with Gasteiger partial charge in [0.2, 0.25) is 5.91 Å². The van der Waals surface area contributed by atoms with E-state index in [0.717, 1.165) is 0 Å². The number of nitriles is 1. The average molecular weight is 281 g/mol. The Morgan fingerprint density at radius 2 is 2.05 bits per heavy atom. The van der Waals surface area contributed by atoms with Crippen LogP contribution in [0.4, 0.5) is 4.79 Å². The molecule has 1 aliphatic heterocycles. The van der Waals surface area contributed by atoms with Crippen molar-refractivity contribution in [2.24, 2.45) is 0 Å². The van der Waals surface area contributed by atoms with Crippen molar-refractivity contribution >= 4 is 17.8 Å². The number of rotatable bonds is 3. The summed E-state index contributed by atoms with van der Waals surface area (Å²) < 4.78 is 5.01. The molecule has 1 heterocycles. The number of amides is 2. The first kappa shape index (κ1) is 16.0. The Hall–Kier alpha value is -2.10. The largest absolute Gasteiger partial charge is 0.444 e. The fourth-order valence-corrected chi connectivity index (χ4v) is 1.98. The Morgan fingerprint density at radius 1 is 1.40 bits per heavy atom. The summed E-state index contributed by atoms with van der Waals surface area (Å²) >= 11 is 0. The van der Waals surface area contributed by atoms with E-state index in [1.54, 1.807) is 26.8 Å². The van der Waals surface area contributed by atoms with E-state index in [9.17, 15) is 14.4 Å². The SMILES string of the molecule is CC(C)(C)OC(=O)NCC(=O)N1CCC[C@H]1C(=O)C#N. The molecule has 1 rings (SSSR count). The van der Waals surface area contributed by atoms with E-state index in [1.807, 2.05) is 0 Å². The van der Waals surface area contributed by atoms with Crippen molar-refractivity contribution in [3.8, 4) is 6.07 Å². The number of nitrogens with zero attached hydrogens (tertiary/aromatic N) is 2. The zero-order valence-electron chi connectivity index (χ0n) is 11.9. The van der Waals surface area contributed by atoms with Gasteiger partial charge in [0, 0.05) is 6.54 Å². The minimum absolute atomic E-state index is 0.246. The highest BCUT2D eigenvalue weighted by atomic mass is 16.6. The molecular weight excluding hydrogens is 262 g/mol. The molecule has 0 unspecified atom stereocenters. The normalized spacial score (nSPS) is 18.3. The molecule has 2 amide bonds. The van der Waals surface area contributed by atoms with Crippen LogP contribution in [-0.4, -0.2) is 47.4 Å². The highest BCUT2D eigenvalue weighted by Gasteiger charge is 2.33. The second-order valence-corrected chi connectivity index (χ2v) is 5.58. The monoisotopic (exact) mass is 281 g/mol. The van der Waals surface area contributed by atoms with Crippen molar-refractivity contribution in [3.63, 3.8) is 0 Å². The minimum atomic E-state index is -0.687. The standard InChI is InChI=1S/C13H19N3O4/c1-13(2,3)20-12(19)15-8-11(18)16-6-4-5-9(16)10(17)7-14/h9H,4-6,8H2,1-3H3,(H,15,19)/t9-/m0/s1. The molecule has 20 heavy (non-hydrogen) atoms. The third kappa shape index (κ3) is 4.53. The van der Waals surface area contributed by atoms with Gasteiger partial charge in [0.25, 0.3) is 5.78 Å². The number of hydrogen-bond acceptors (Lipinski definition) is 5. The third-order valence-corrected chi connectivity index (χ3v) is 2.77. The Morgan fingerprint density at radius 3 is 2.60 bits per heavy atom. The maximum Gasteiger partial charge on any atom is 0.408 e. The lowest BCUT2D eigenvalue weighted by atomic mass is 10.1. The number of ether oxygens (including phenoxy) is 1. The summed E-state index contributed by atoms with van der Waals surface area (Å²) in [7, 11) is 0. The first-order valence-corrected chi connectivity index (χ1v) is 6.45. The molecule has 0 saturated carbocycles. The van der Waals surface area contributed by atoms with Gasteiger partial charge in [-0.1, -0.05) is 0 Å². The van der Waals surface area contributed by atoms with Gasteiger partial charge in [-0.2, -0.15) is 5.26 Å². The van der Waals surface area contributed by atoms with E-state index in [1.165, 1.54) is 4.90 Å². The second-order valence-electron chi connectivity index (χ2n) is 5.58. The first-order chi connectivity index (χ1) is 9.24. The fraction of sp³-hybridized carbons (Fsp3) is 0.692. The number of Topliss-reactive ketones (excluding diaryl/α,β-unsaturated/α-hetero) is 1. The molecule has 1 N–H and O–H groups in total. The van der Waals surface area contributed by atoms with Crippen molar-refractivity contribution in [3.05, 3.63) is 0 Å². The maximum atomic E-state index is 11.9. The number of nitrogens with one attached hydrogen (secondary N) is 1. The van der Waals surface area contributed by atoms with Gasteiger partial charge >= 0.3 is 6.09 Å². The van der Waals surface area contributed by atoms with Gasteiger partial charge in [0.05, 0.1) is 0 Å². The van der Waals surface area contributed by atoms with Gasteiger partial charge in [-0.05, 0) is 33.6 Å². The molecule has 0 aliphatic carbocycles. The summed E-state index contributed by atoms with van der Waals surface area (Å²) in [6.45, 7) is 5.33. The summed E-state index contributed by atoms with van der Waals surface area (Å²) in [6.07, 6.45) is 0.481. The molecule has 110 valence electrons. The zero-order chi connectivity index (χ0) is 15.3. The van der Waals surface area contributed by atoms with Crippen LogP contribution in [0.5, 0.6) is 0 Å². The van der Waals surface area contributed by atoms with E-state index >= 15 is 0 Å². The number of carbonyl (C=O) groups is 3. The minimum Gasteiger partial charge on any atom is -0.444 e. The van der Waals surface area contributed by atoms with Crippen LogP contribution in [0.1, 0.15) is 33.6 Å². The molecule has 0 bridgehead atoms. The number of ketones is 1. The Balaban J connectivity index is 2.49. The molecule has 1 aliphatic rings. The number of carbonyl (C=O) groups excluding carboxylic acids is 3. The molecule has 1 atom stereocenters. The molecule has 0 radical (unpaired) electrons. The van der Waals surface area contributed by atoms with Gasteiger partial charge in [-0.3, -0.25) is 9.59 Å². The zero-order valence-corrected chi connectivity index (χ0v) is 11.9. The van der Waals surface area contributed by atoms with Crippen molar-refractivity contribution in [2.75, 3.05) is 13.1 Å². The van der Waals surface area contributed by atoms with Crippen LogP contribution in [0.15, 0.2) is 0 Å². The quantitative estimate of drug-likeness (QED) is 0.763. The van der Waals surface area contributed by atoms with Gasteiger partial charge in [0.1, 0.15) is 24.3 Å². The van der Waals surface area contributed by atoms with Crippen LogP contribution in [0.2, 0.25) is 0 Å². The number of alkyl carbamates (subject to hydrolysis) is 1. The van der Waals surface area contributed by atoms with E-state index < -0.39 is 23.5 Å². The van der Waals surface area contributed by atoms with E-state index in [0.29, 0.717) is 19.4 Å². The lowest BCUT2D eigenvalue weighted by Crippen LogP contribution is -2.46. The van der Waals surface area contributed by atoms with Crippen molar-refractivity contribution < 1.29 is 19.1 Å². The predicted octanol–water partition coefficient (Wildman–Crippen LogP) is 0.595. The Bertz CT molecular complexity index is 448. The van der Waals surface area contributed by atoms with Crippen LogP contribution < -0.4 is 5.32 Å². The van der Waals surface area contributed by atoms with Crippen LogP contribution >= 0.6 is 0 Å². The summed E-state index contributed by atoms with van der Waals surface area (Å²) in [5.41, 5.74) is -0.639. The van der Waals surface area contributed by atoms with E-state index in [2.05, 4.69) is 5.32 Å². The molecular formula is C13H19N3O4. The molecule has 7 nitrogen and oxygen atoms in total. The predicted molar refractivity (Wildman–Crippen MR) is 69.6 cm³/mol. The topological polar surface area (TPSA) is 99.5 Å². The van der Waals surface area contributed by atoms with E-state index in [4.69, 9.17) is 10.00 Å². The van der Waals surface area contributed by atoms with Crippen LogP contribution in [0.25, 0.3) is 0 Å². The summed E-state index contributed by atoms with van der Waals surface area (Å²) in [5, 5.41) is 11.0. The fourth-order valence-electron chi connectivity index (χ4n) is 1.98. The van der Waals surface area contributed by atoms with Gasteiger partial charge in [0.15, 0.2) is 0 Å². The highest BCUT2D eigenvalue weighted by Crippen LogP contribution is 2.17. The van der Waals surface area contributed by atoms with E-state index in [-0.39, 0.29) is 12.5 Å². The van der Waals surface area contributed by atoms with Crippen molar-refractivity contribution in [2.45, 2.75) is 45.3 Å². The molecule has 0 aromatic carbocycles. The number of likely N-dealkylation sites (tertiary alicyclic amines) is 1. The summed E-state index contributed by atoms with van der Waals surface area (Å²) in [5.74, 6) is -1.00. The summed E-state index contributed by atoms with van der Waals surface area (Å²) in [6, 6.07) is 0.856. The smallest absolute Gasteiger partial charge is 0.408 e. The Kier molecular flexibility index (Phi) is 5.08. The molecule has 0 aromatic heterocycles. The van der Waals surface area contributed by atoms with Gasteiger partial charge in [-0.25, -0.2) is 4.79 Å². The summed E-state index contributed by atoms with van der Waals surface area (Å²) in [4.78, 5) is 36.1. The first-order valence-electron chi connectivity index (χ1n) is 6.45. The lowest BCUT2D eigenvalue weighted by Gasteiger charge is -2.23. The lowest BCUT2D eigenvalue weighted by molar-refractivity contribution is -0.135. The highest BCUT2D eigenvalue weighted by molar-refractivity contribution is 6.00. The molecule has 1 fully saturated rings. The van der Waals surface area contributed by atoms with Gasteiger partial charge < -0.3 is 15.0 Å². The van der Waals surface area contributed by atoms with Crippen LogP contribution in [0, 0.1) is 11.3 Å². The Labute approximate surface area is 117 Å². The number of hydrogen-bond donors (Lipinski definition) is 1. The van der Waals surface area contributed by atoms with Crippen LogP contribution in [0.3, 0.4) is 0 Å². The van der Waals surface area contributed by atoms with Crippen LogP contribution in [-0.2, 0) is 14.3 Å². The molecule has 7 heteroatoms. The average Bonchev–Trinajstić information content (AvgIpc) is 2.82. The molecule has 0 spiro atoms. The van der Waals surface area contributed by atoms with Crippen molar-refractivity contribution in [1.82, 2.24) is 10.2 Å². The maximum absolute atomic E-state index is 11.9. The van der Waals surface area contributed by atoms with Crippen molar-refractivity contribution in [1.29, 1.82) is 5.26 Å². The third-order valence-electron chi connectivity index (χ3n) is 2.77. The van der Waals surface area contributed by atoms with Gasteiger partial charge in [-0.15, -0.1) is 0 Å². The second kappa shape index (κ2) is 6.37. The molecule has 1 saturated heterocycles.